The van der Waals surface area contributed by atoms with Gasteiger partial charge in [0.25, 0.3) is 0 Å². The molecular formula is C9H12N2O2. The summed E-state index contributed by atoms with van der Waals surface area (Å²) >= 11 is 0. The molecule has 0 aliphatic carbocycles. The van der Waals surface area contributed by atoms with E-state index in [0.29, 0.717) is 5.69 Å². The molecule has 1 atom stereocenters. The van der Waals surface area contributed by atoms with Crippen molar-refractivity contribution in [2.45, 2.75) is 13.0 Å². The van der Waals surface area contributed by atoms with Gasteiger partial charge in [0.2, 0.25) is 5.91 Å². The van der Waals surface area contributed by atoms with Crippen LogP contribution in [0.3, 0.4) is 0 Å². The maximum Gasteiger partial charge on any atom is 0.217 e. The Balaban J connectivity index is 2.73. The largest absolute Gasteiger partial charge is 0.394 e. The molecule has 4 heteroatoms. The van der Waals surface area contributed by atoms with E-state index in [4.69, 9.17) is 5.11 Å². The number of hydrogen-bond acceptors (Lipinski definition) is 3. The van der Waals surface area contributed by atoms with Crippen molar-refractivity contribution in [3.05, 3.63) is 30.1 Å². The molecule has 1 amide bonds. The third-order valence-corrected chi connectivity index (χ3v) is 1.60. The fourth-order valence-corrected chi connectivity index (χ4v) is 1.04. The zero-order valence-electron chi connectivity index (χ0n) is 7.40. The van der Waals surface area contributed by atoms with E-state index in [0.717, 1.165) is 0 Å². The van der Waals surface area contributed by atoms with Gasteiger partial charge in [-0.05, 0) is 12.1 Å². The summed E-state index contributed by atoms with van der Waals surface area (Å²) in [5.41, 5.74) is 0.667. The van der Waals surface area contributed by atoms with Gasteiger partial charge in [-0.3, -0.25) is 9.78 Å². The predicted octanol–water partition coefficient (Wildman–Crippen LogP) is 0.251. The molecule has 0 saturated carbocycles. The highest BCUT2D eigenvalue weighted by Crippen LogP contribution is 2.07. The Morgan fingerprint density at radius 1 is 1.69 bits per heavy atom. The zero-order valence-corrected chi connectivity index (χ0v) is 7.40. The summed E-state index contributed by atoms with van der Waals surface area (Å²) < 4.78 is 0. The number of carbonyl (C=O) groups excluding carboxylic acids is 1. The molecule has 0 bridgehead atoms. The Morgan fingerprint density at radius 2 is 2.46 bits per heavy atom. The summed E-state index contributed by atoms with van der Waals surface area (Å²) in [6, 6.07) is 4.95. The number of pyridine rings is 1. The van der Waals surface area contributed by atoms with Gasteiger partial charge in [0, 0.05) is 13.1 Å². The quantitative estimate of drug-likeness (QED) is 0.701. The minimum absolute atomic E-state index is 0.142. The van der Waals surface area contributed by atoms with E-state index in [-0.39, 0.29) is 12.5 Å². The molecule has 0 fully saturated rings. The average molecular weight is 180 g/mol. The third-order valence-electron chi connectivity index (χ3n) is 1.60. The number of aliphatic hydroxyl groups excluding tert-OH is 1. The van der Waals surface area contributed by atoms with Crippen molar-refractivity contribution < 1.29 is 9.90 Å². The normalized spacial score (nSPS) is 12.2. The van der Waals surface area contributed by atoms with Crippen LogP contribution < -0.4 is 5.32 Å². The van der Waals surface area contributed by atoms with E-state index in [9.17, 15) is 4.79 Å². The summed E-state index contributed by atoms with van der Waals surface area (Å²) in [7, 11) is 0. The maximum atomic E-state index is 10.7. The molecule has 1 rings (SSSR count). The van der Waals surface area contributed by atoms with Crippen molar-refractivity contribution in [3.8, 4) is 0 Å². The topological polar surface area (TPSA) is 62.2 Å². The average Bonchev–Trinajstić information content (AvgIpc) is 2.15. The molecule has 13 heavy (non-hydrogen) atoms. The van der Waals surface area contributed by atoms with Gasteiger partial charge in [0.1, 0.15) is 0 Å². The molecule has 0 aliphatic heterocycles. The van der Waals surface area contributed by atoms with Crippen LogP contribution in [0.2, 0.25) is 0 Å². The van der Waals surface area contributed by atoms with Gasteiger partial charge in [-0.1, -0.05) is 6.07 Å². The summed E-state index contributed by atoms with van der Waals surface area (Å²) in [4.78, 5) is 14.8. The van der Waals surface area contributed by atoms with Gasteiger partial charge in [0.05, 0.1) is 18.3 Å². The highest BCUT2D eigenvalue weighted by molar-refractivity contribution is 5.73. The van der Waals surface area contributed by atoms with Gasteiger partial charge in [-0.15, -0.1) is 0 Å². The lowest BCUT2D eigenvalue weighted by Gasteiger charge is -2.13. The molecule has 1 aromatic heterocycles. The minimum atomic E-state index is -0.404. The van der Waals surface area contributed by atoms with Gasteiger partial charge in [0.15, 0.2) is 0 Å². The molecule has 0 aromatic carbocycles. The summed E-state index contributed by atoms with van der Waals surface area (Å²) in [5, 5.41) is 11.6. The third kappa shape index (κ3) is 2.83. The summed E-state index contributed by atoms with van der Waals surface area (Å²) in [5.74, 6) is -0.176. The predicted molar refractivity (Wildman–Crippen MR) is 47.9 cm³/mol. The Kier molecular flexibility index (Phi) is 3.40. The van der Waals surface area contributed by atoms with Crippen molar-refractivity contribution in [2.24, 2.45) is 0 Å². The van der Waals surface area contributed by atoms with Crippen LogP contribution in [0.5, 0.6) is 0 Å². The Hall–Kier alpha value is -1.42. The van der Waals surface area contributed by atoms with Crippen LogP contribution in [-0.2, 0) is 4.79 Å². The number of nitrogens with one attached hydrogen (secondary N) is 1. The van der Waals surface area contributed by atoms with E-state index < -0.39 is 6.04 Å². The number of carbonyl (C=O) groups is 1. The van der Waals surface area contributed by atoms with Gasteiger partial charge in [-0.25, -0.2) is 0 Å². The SMILES string of the molecule is CC(=O)NC(CO)c1ccccn1. The number of nitrogens with zero attached hydrogens (tertiary/aromatic N) is 1. The fourth-order valence-electron chi connectivity index (χ4n) is 1.04. The molecule has 0 aliphatic rings. The second kappa shape index (κ2) is 4.57. The van der Waals surface area contributed by atoms with Crippen LogP contribution in [0, 0.1) is 0 Å². The lowest BCUT2D eigenvalue weighted by atomic mass is 10.2. The lowest BCUT2D eigenvalue weighted by Crippen LogP contribution is -2.29. The Bertz CT molecular complexity index is 274. The molecule has 4 nitrogen and oxygen atoms in total. The summed E-state index contributed by atoms with van der Waals surface area (Å²) in [6.07, 6.45) is 1.62. The van der Waals surface area contributed by atoms with Crippen LogP contribution in [0.1, 0.15) is 18.7 Å². The number of hydrogen-bond donors (Lipinski definition) is 2. The molecule has 70 valence electrons. The highest BCUT2D eigenvalue weighted by atomic mass is 16.3. The monoisotopic (exact) mass is 180 g/mol. The van der Waals surface area contributed by atoms with Crippen LogP contribution in [0.15, 0.2) is 24.4 Å². The molecule has 1 aromatic rings. The Labute approximate surface area is 76.6 Å². The van der Waals surface area contributed by atoms with Crippen molar-refractivity contribution in [3.63, 3.8) is 0 Å². The second-order valence-electron chi connectivity index (χ2n) is 2.69. The van der Waals surface area contributed by atoms with Gasteiger partial charge < -0.3 is 10.4 Å². The molecule has 0 saturated heterocycles. The van der Waals surface area contributed by atoms with Crippen LogP contribution in [-0.4, -0.2) is 22.6 Å². The number of aliphatic hydroxyl groups is 1. The van der Waals surface area contributed by atoms with Gasteiger partial charge >= 0.3 is 0 Å². The molecular weight excluding hydrogens is 168 g/mol. The molecule has 0 spiro atoms. The van der Waals surface area contributed by atoms with Crippen molar-refractivity contribution >= 4 is 5.91 Å². The van der Waals surface area contributed by atoms with Crippen LogP contribution in [0.4, 0.5) is 0 Å². The van der Waals surface area contributed by atoms with E-state index in [1.54, 1.807) is 18.3 Å². The first-order valence-corrected chi connectivity index (χ1v) is 4.03. The van der Waals surface area contributed by atoms with E-state index in [1.165, 1.54) is 6.92 Å². The molecule has 1 heterocycles. The van der Waals surface area contributed by atoms with Crippen LogP contribution in [0.25, 0.3) is 0 Å². The first kappa shape index (κ1) is 9.67. The number of rotatable bonds is 3. The zero-order chi connectivity index (χ0) is 9.68. The van der Waals surface area contributed by atoms with E-state index in [2.05, 4.69) is 10.3 Å². The van der Waals surface area contributed by atoms with Crippen molar-refractivity contribution in [2.75, 3.05) is 6.61 Å². The maximum absolute atomic E-state index is 10.7. The lowest BCUT2D eigenvalue weighted by molar-refractivity contribution is -0.120. The van der Waals surface area contributed by atoms with Crippen molar-refractivity contribution in [1.82, 2.24) is 10.3 Å². The van der Waals surface area contributed by atoms with Crippen molar-refractivity contribution in [1.29, 1.82) is 0 Å². The first-order chi connectivity index (χ1) is 6.24. The summed E-state index contributed by atoms with van der Waals surface area (Å²) in [6.45, 7) is 1.27. The van der Waals surface area contributed by atoms with Gasteiger partial charge in [-0.2, -0.15) is 0 Å². The van der Waals surface area contributed by atoms with Crippen LogP contribution >= 0.6 is 0 Å². The van der Waals surface area contributed by atoms with E-state index >= 15 is 0 Å². The smallest absolute Gasteiger partial charge is 0.217 e. The molecule has 2 N–H and O–H groups in total. The second-order valence-corrected chi connectivity index (χ2v) is 2.69. The fraction of sp³-hybridized carbons (Fsp3) is 0.333. The Morgan fingerprint density at radius 3 is 2.92 bits per heavy atom. The minimum Gasteiger partial charge on any atom is -0.394 e. The number of aromatic nitrogens is 1. The first-order valence-electron chi connectivity index (χ1n) is 4.03. The number of amides is 1. The van der Waals surface area contributed by atoms with E-state index in [1.807, 2.05) is 6.07 Å². The molecule has 1 unspecified atom stereocenters. The highest BCUT2D eigenvalue weighted by Gasteiger charge is 2.11. The standard InChI is InChI=1S/C9H12N2O2/c1-7(13)11-9(6-12)8-4-2-3-5-10-8/h2-5,9,12H,6H2,1H3,(H,11,13). The molecule has 0 radical (unpaired) electrons.